The number of anilines is 1. The van der Waals surface area contributed by atoms with Crippen molar-refractivity contribution in [3.8, 4) is 6.07 Å². The minimum Gasteiger partial charge on any atom is -0.318 e. The van der Waals surface area contributed by atoms with Crippen LogP contribution in [0.15, 0.2) is 22.7 Å². The Morgan fingerprint density at radius 1 is 1.60 bits per heavy atom. The number of rotatable bonds is 1. The average molecular weight is 266 g/mol. The van der Waals surface area contributed by atoms with Crippen LogP contribution in [0.2, 0.25) is 0 Å². The number of benzene rings is 1. The molecule has 1 unspecified atom stereocenters. The van der Waals surface area contributed by atoms with Crippen LogP contribution in [0.25, 0.3) is 0 Å². The first-order chi connectivity index (χ1) is 7.13. The molecule has 1 heterocycles. The predicted molar refractivity (Wildman–Crippen MR) is 59.2 cm³/mol. The molecule has 2 rings (SSSR count). The van der Waals surface area contributed by atoms with Gasteiger partial charge in [0.1, 0.15) is 12.1 Å². The van der Waals surface area contributed by atoms with Gasteiger partial charge in [-0.05, 0) is 18.2 Å². The number of hydrogen-bond donors (Lipinski definition) is 1. The molecule has 0 radical (unpaired) electrons. The summed E-state index contributed by atoms with van der Waals surface area (Å²) in [6.45, 7) is 0.476. The van der Waals surface area contributed by atoms with E-state index in [9.17, 15) is 4.79 Å². The number of β-lactam (4-membered cyclic amide) rings is 1. The molecule has 0 bridgehead atoms. The van der Waals surface area contributed by atoms with Gasteiger partial charge in [-0.3, -0.25) is 4.79 Å². The molecule has 0 aromatic heterocycles. The highest BCUT2D eigenvalue weighted by Gasteiger charge is 2.35. The summed E-state index contributed by atoms with van der Waals surface area (Å²) in [6.07, 6.45) is 0. The van der Waals surface area contributed by atoms with E-state index in [4.69, 9.17) is 11.0 Å². The summed E-state index contributed by atoms with van der Waals surface area (Å²) >= 11 is 3.30. The summed E-state index contributed by atoms with van der Waals surface area (Å²) in [5, 5.41) is 8.90. The summed E-state index contributed by atoms with van der Waals surface area (Å²) in [4.78, 5) is 12.9. The van der Waals surface area contributed by atoms with Crippen LogP contribution in [0, 0.1) is 11.3 Å². The second-order valence-corrected chi connectivity index (χ2v) is 4.24. The van der Waals surface area contributed by atoms with Crippen molar-refractivity contribution >= 4 is 27.5 Å². The first-order valence-electron chi connectivity index (χ1n) is 4.40. The van der Waals surface area contributed by atoms with Crippen molar-refractivity contribution in [1.82, 2.24) is 0 Å². The first kappa shape index (κ1) is 10.1. The van der Waals surface area contributed by atoms with Crippen molar-refractivity contribution in [3.63, 3.8) is 0 Å². The molecular weight excluding hydrogens is 258 g/mol. The molecule has 1 aliphatic heterocycles. The van der Waals surface area contributed by atoms with E-state index in [0.29, 0.717) is 17.8 Å². The summed E-state index contributed by atoms with van der Waals surface area (Å²) < 4.78 is 0.838. The van der Waals surface area contributed by atoms with E-state index in [2.05, 4.69) is 22.0 Å². The van der Waals surface area contributed by atoms with Crippen molar-refractivity contribution in [2.24, 2.45) is 5.73 Å². The largest absolute Gasteiger partial charge is 0.318 e. The number of hydrogen-bond acceptors (Lipinski definition) is 3. The van der Waals surface area contributed by atoms with Gasteiger partial charge in [0.25, 0.3) is 0 Å². The molecule has 76 valence electrons. The van der Waals surface area contributed by atoms with Gasteiger partial charge < -0.3 is 10.6 Å². The third-order valence-electron chi connectivity index (χ3n) is 2.33. The first-order valence-corrected chi connectivity index (χ1v) is 5.19. The number of carbonyl (C=O) groups is 1. The molecule has 1 saturated heterocycles. The lowest BCUT2D eigenvalue weighted by Crippen LogP contribution is -2.61. The van der Waals surface area contributed by atoms with E-state index in [-0.39, 0.29) is 5.91 Å². The van der Waals surface area contributed by atoms with Crippen LogP contribution in [-0.2, 0) is 4.79 Å². The Kier molecular flexibility index (Phi) is 2.47. The van der Waals surface area contributed by atoms with Gasteiger partial charge in [-0.15, -0.1) is 0 Å². The smallest absolute Gasteiger partial charge is 0.245 e. The van der Waals surface area contributed by atoms with Gasteiger partial charge in [-0.25, -0.2) is 0 Å². The predicted octanol–water partition coefficient (Wildman–Crippen LogP) is 0.995. The highest BCUT2D eigenvalue weighted by molar-refractivity contribution is 9.10. The third kappa shape index (κ3) is 1.62. The van der Waals surface area contributed by atoms with Gasteiger partial charge in [-0.1, -0.05) is 15.9 Å². The summed E-state index contributed by atoms with van der Waals surface area (Å²) in [5.41, 5.74) is 6.60. The molecular formula is C10H8BrN3O. The molecule has 0 spiro atoms. The number of nitrogens with two attached hydrogens (primary N) is 1. The lowest BCUT2D eigenvalue weighted by molar-refractivity contribution is -0.123. The van der Waals surface area contributed by atoms with Crippen LogP contribution in [0.5, 0.6) is 0 Å². The van der Waals surface area contributed by atoms with Crippen molar-refractivity contribution < 1.29 is 4.79 Å². The van der Waals surface area contributed by atoms with E-state index >= 15 is 0 Å². The standard InChI is InChI=1S/C10H8BrN3O/c11-7-2-1-6(4-12)9(3-7)14-5-8(13)10(14)15/h1-3,8H,5,13H2. The van der Waals surface area contributed by atoms with E-state index in [1.54, 1.807) is 18.2 Å². The van der Waals surface area contributed by atoms with E-state index in [1.165, 1.54) is 4.90 Å². The SMILES string of the molecule is N#Cc1ccc(Br)cc1N1CC(N)C1=O. The minimum absolute atomic E-state index is 0.135. The Hall–Kier alpha value is -1.38. The quantitative estimate of drug-likeness (QED) is 0.771. The van der Waals surface area contributed by atoms with E-state index < -0.39 is 6.04 Å². The van der Waals surface area contributed by atoms with Gasteiger partial charge >= 0.3 is 0 Å². The average Bonchev–Trinajstić information content (AvgIpc) is 2.25. The van der Waals surface area contributed by atoms with Crippen LogP contribution in [0.4, 0.5) is 5.69 Å². The second-order valence-electron chi connectivity index (χ2n) is 3.33. The molecule has 1 aromatic carbocycles. The van der Waals surface area contributed by atoms with Gasteiger partial charge in [-0.2, -0.15) is 5.26 Å². The molecule has 1 amide bonds. The Balaban J connectivity index is 2.40. The van der Waals surface area contributed by atoms with Crippen molar-refractivity contribution in [2.75, 3.05) is 11.4 Å². The fourth-order valence-electron chi connectivity index (χ4n) is 1.49. The summed E-state index contributed by atoms with van der Waals surface area (Å²) in [7, 11) is 0. The molecule has 1 fully saturated rings. The van der Waals surface area contributed by atoms with Gasteiger partial charge in [0.2, 0.25) is 5.91 Å². The van der Waals surface area contributed by atoms with Crippen LogP contribution >= 0.6 is 15.9 Å². The number of nitrogens with zero attached hydrogens (tertiary/aromatic N) is 2. The van der Waals surface area contributed by atoms with Crippen LogP contribution in [-0.4, -0.2) is 18.5 Å². The molecule has 1 aliphatic rings. The minimum atomic E-state index is -0.421. The molecule has 4 nitrogen and oxygen atoms in total. The van der Waals surface area contributed by atoms with Gasteiger partial charge in [0, 0.05) is 4.47 Å². The maximum absolute atomic E-state index is 11.4. The second kappa shape index (κ2) is 3.65. The Bertz CT molecular complexity index is 466. The molecule has 5 heteroatoms. The molecule has 1 atom stereocenters. The zero-order valence-corrected chi connectivity index (χ0v) is 9.36. The highest BCUT2D eigenvalue weighted by atomic mass is 79.9. The lowest BCUT2D eigenvalue weighted by atomic mass is 10.0. The Morgan fingerprint density at radius 3 is 2.87 bits per heavy atom. The van der Waals surface area contributed by atoms with Crippen molar-refractivity contribution in [1.29, 1.82) is 5.26 Å². The number of carbonyl (C=O) groups excluding carboxylic acids is 1. The number of amides is 1. The molecule has 0 saturated carbocycles. The zero-order valence-electron chi connectivity index (χ0n) is 7.77. The van der Waals surface area contributed by atoms with Crippen molar-refractivity contribution in [3.05, 3.63) is 28.2 Å². The van der Waals surface area contributed by atoms with Crippen LogP contribution < -0.4 is 10.6 Å². The maximum atomic E-state index is 11.4. The maximum Gasteiger partial charge on any atom is 0.245 e. The topological polar surface area (TPSA) is 70.1 Å². The van der Waals surface area contributed by atoms with Crippen molar-refractivity contribution in [2.45, 2.75) is 6.04 Å². The van der Waals surface area contributed by atoms with Gasteiger partial charge in [0.05, 0.1) is 17.8 Å². The lowest BCUT2D eigenvalue weighted by Gasteiger charge is -2.36. The van der Waals surface area contributed by atoms with Crippen LogP contribution in [0.3, 0.4) is 0 Å². The molecule has 15 heavy (non-hydrogen) atoms. The zero-order chi connectivity index (χ0) is 11.0. The third-order valence-corrected chi connectivity index (χ3v) is 2.83. The van der Waals surface area contributed by atoms with E-state index in [0.717, 1.165) is 4.47 Å². The Labute approximate surface area is 95.4 Å². The number of halogens is 1. The van der Waals surface area contributed by atoms with E-state index in [1.807, 2.05) is 0 Å². The summed E-state index contributed by atoms with van der Waals surface area (Å²) in [6, 6.07) is 6.83. The van der Waals surface area contributed by atoms with Gasteiger partial charge in [0.15, 0.2) is 0 Å². The summed E-state index contributed by atoms with van der Waals surface area (Å²) in [5.74, 6) is -0.135. The van der Waals surface area contributed by atoms with Crippen LogP contribution in [0.1, 0.15) is 5.56 Å². The number of nitriles is 1. The molecule has 2 N–H and O–H groups in total. The molecule has 1 aromatic rings. The normalized spacial score (nSPS) is 19.7. The fraction of sp³-hybridized carbons (Fsp3) is 0.200. The Morgan fingerprint density at radius 2 is 2.33 bits per heavy atom. The highest BCUT2D eigenvalue weighted by Crippen LogP contribution is 2.28. The molecule has 0 aliphatic carbocycles. The fourth-order valence-corrected chi connectivity index (χ4v) is 1.84. The monoisotopic (exact) mass is 265 g/mol.